The molecule has 5 aromatic rings. The van der Waals surface area contributed by atoms with Gasteiger partial charge in [-0.1, -0.05) is 109 Å². The number of nitrogens with zero attached hydrogens (tertiary/aromatic N) is 2. The van der Waals surface area contributed by atoms with Crippen molar-refractivity contribution in [2.45, 2.75) is 12.4 Å². The van der Waals surface area contributed by atoms with E-state index in [9.17, 15) is 0 Å². The number of ether oxygens (including phenoxy) is 1. The fourth-order valence-corrected chi connectivity index (χ4v) is 4.98. The van der Waals surface area contributed by atoms with Gasteiger partial charge in [-0.15, -0.1) is 0 Å². The van der Waals surface area contributed by atoms with E-state index in [4.69, 9.17) is 14.7 Å². The van der Waals surface area contributed by atoms with Gasteiger partial charge in [-0.2, -0.15) is 0 Å². The molecule has 0 bridgehead atoms. The molecule has 5 heteroatoms. The van der Waals surface area contributed by atoms with Crippen LogP contribution in [0.25, 0.3) is 11.1 Å². The third kappa shape index (κ3) is 4.66. The predicted molar refractivity (Wildman–Crippen MR) is 157 cm³/mol. The minimum Gasteiger partial charge on any atom is -0.464 e. The average Bonchev–Trinajstić information content (AvgIpc) is 3.47. The SMILES string of the molecule is c1ccc(C2=NC(c3cccc(-c4ccccc4)c3)N=C(c3cccc(C4Nc5ccccc5O4)c3)N2)cc1. The van der Waals surface area contributed by atoms with Crippen LogP contribution in [0.5, 0.6) is 5.75 Å². The number of hydrogen-bond acceptors (Lipinski definition) is 5. The van der Waals surface area contributed by atoms with Crippen LogP contribution < -0.4 is 15.4 Å². The number of nitrogens with one attached hydrogen (secondary N) is 2. The van der Waals surface area contributed by atoms with E-state index < -0.39 is 0 Å². The number of para-hydroxylation sites is 2. The van der Waals surface area contributed by atoms with Crippen molar-refractivity contribution in [2.24, 2.45) is 9.98 Å². The zero-order valence-electron chi connectivity index (χ0n) is 21.2. The normalized spacial score (nSPS) is 17.6. The Morgan fingerprint density at radius 3 is 1.87 bits per heavy atom. The molecule has 188 valence electrons. The van der Waals surface area contributed by atoms with Crippen LogP contribution in [0.1, 0.15) is 34.6 Å². The summed E-state index contributed by atoms with van der Waals surface area (Å²) in [5, 5.41) is 6.97. The lowest BCUT2D eigenvalue weighted by Gasteiger charge is -2.23. The maximum atomic E-state index is 6.18. The van der Waals surface area contributed by atoms with Gasteiger partial charge >= 0.3 is 0 Å². The maximum Gasteiger partial charge on any atom is 0.196 e. The molecule has 7 rings (SSSR count). The Labute approximate surface area is 227 Å². The Balaban J connectivity index is 1.26. The Kier molecular flexibility index (Phi) is 5.87. The van der Waals surface area contributed by atoms with Crippen LogP contribution in [0.3, 0.4) is 0 Å². The summed E-state index contributed by atoms with van der Waals surface area (Å²) in [6.45, 7) is 0. The summed E-state index contributed by atoms with van der Waals surface area (Å²) < 4.78 is 6.18. The van der Waals surface area contributed by atoms with E-state index in [-0.39, 0.29) is 12.4 Å². The van der Waals surface area contributed by atoms with Crippen molar-refractivity contribution in [3.05, 3.63) is 156 Å². The van der Waals surface area contributed by atoms with Gasteiger partial charge in [-0.3, -0.25) is 0 Å². The highest BCUT2D eigenvalue weighted by Crippen LogP contribution is 2.37. The number of rotatable bonds is 5. The first-order valence-electron chi connectivity index (χ1n) is 13.1. The molecule has 5 aromatic carbocycles. The second kappa shape index (κ2) is 9.95. The highest BCUT2D eigenvalue weighted by Gasteiger charge is 2.25. The summed E-state index contributed by atoms with van der Waals surface area (Å²) >= 11 is 0. The van der Waals surface area contributed by atoms with Crippen LogP contribution in [-0.4, -0.2) is 11.7 Å². The van der Waals surface area contributed by atoms with E-state index in [0.717, 1.165) is 50.9 Å². The van der Waals surface area contributed by atoms with Gasteiger partial charge in [0, 0.05) is 16.7 Å². The quantitative estimate of drug-likeness (QED) is 0.262. The van der Waals surface area contributed by atoms with E-state index in [2.05, 4.69) is 89.5 Å². The molecule has 2 aliphatic rings. The molecule has 2 unspecified atom stereocenters. The summed E-state index contributed by atoms with van der Waals surface area (Å²) in [4.78, 5) is 10.1. The highest BCUT2D eigenvalue weighted by atomic mass is 16.5. The van der Waals surface area contributed by atoms with E-state index in [0.29, 0.717) is 0 Å². The van der Waals surface area contributed by atoms with Gasteiger partial charge in [0.1, 0.15) is 17.4 Å². The largest absolute Gasteiger partial charge is 0.464 e. The van der Waals surface area contributed by atoms with Crippen LogP contribution >= 0.6 is 0 Å². The molecule has 39 heavy (non-hydrogen) atoms. The number of fused-ring (bicyclic) bond motifs is 1. The average molecular weight is 507 g/mol. The molecule has 0 amide bonds. The lowest BCUT2D eigenvalue weighted by Crippen LogP contribution is -2.36. The zero-order valence-corrected chi connectivity index (χ0v) is 21.2. The smallest absolute Gasteiger partial charge is 0.196 e. The van der Waals surface area contributed by atoms with Crippen molar-refractivity contribution in [3.63, 3.8) is 0 Å². The number of aliphatic imine (C=N–C) groups is 2. The summed E-state index contributed by atoms with van der Waals surface area (Å²) in [7, 11) is 0. The van der Waals surface area contributed by atoms with Crippen LogP contribution in [-0.2, 0) is 0 Å². The molecule has 0 fully saturated rings. The van der Waals surface area contributed by atoms with Gasteiger partial charge in [-0.05, 0) is 41.0 Å². The number of benzene rings is 5. The molecular formula is C34H26N4O. The first kappa shape index (κ1) is 23.0. The van der Waals surface area contributed by atoms with E-state index in [1.54, 1.807) is 0 Å². The van der Waals surface area contributed by atoms with Crippen molar-refractivity contribution in [1.29, 1.82) is 0 Å². The molecule has 0 aliphatic carbocycles. The van der Waals surface area contributed by atoms with Crippen LogP contribution in [0.15, 0.2) is 143 Å². The Bertz CT molecular complexity index is 1670. The zero-order chi connectivity index (χ0) is 26.0. The van der Waals surface area contributed by atoms with Gasteiger partial charge in [-0.25, -0.2) is 9.98 Å². The molecule has 0 saturated carbocycles. The fraction of sp³-hybridized carbons (Fsp3) is 0.0588. The molecule has 0 spiro atoms. The maximum absolute atomic E-state index is 6.18. The topological polar surface area (TPSA) is 58.0 Å². The molecule has 0 radical (unpaired) electrons. The van der Waals surface area contributed by atoms with E-state index in [1.807, 2.05) is 54.6 Å². The van der Waals surface area contributed by atoms with Crippen LogP contribution in [0.2, 0.25) is 0 Å². The van der Waals surface area contributed by atoms with E-state index >= 15 is 0 Å². The third-order valence-corrected chi connectivity index (χ3v) is 6.96. The van der Waals surface area contributed by atoms with Crippen molar-refractivity contribution >= 4 is 17.4 Å². The molecule has 2 heterocycles. The van der Waals surface area contributed by atoms with Crippen molar-refractivity contribution in [2.75, 3.05) is 5.32 Å². The van der Waals surface area contributed by atoms with E-state index in [1.165, 1.54) is 5.56 Å². The third-order valence-electron chi connectivity index (χ3n) is 6.96. The molecule has 2 N–H and O–H groups in total. The molecule has 5 nitrogen and oxygen atoms in total. The second-order valence-electron chi connectivity index (χ2n) is 9.58. The van der Waals surface area contributed by atoms with Crippen molar-refractivity contribution in [3.8, 4) is 16.9 Å². The first-order chi connectivity index (χ1) is 19.3. The molecule has 0 aromatic heterocycles. The van der Waals surface area contributed by atoms with Crippen LogP contribution in [0, 0.1) is 0 Å². The minimum atomic E-state index is -0.381. The number of amidine groups is 2. The predicted octanol–water partition coefficient (Wildman–Crippen LogP) is 7.35. The van der Waals surface area contributed by atoms with Gasteiger partial charge in [0.25, 0.3) is 0 Å². The molecule has 2 atom stereocenters. The Hall–Kier alpha value is -5.16. The first-order valence-corrected chi connectivity index (χ1v) is 13.1. The summed E-state index contributed by atoms with van der Waals surface area (Å²) in [5.74, 6) is 2.43. The summed E-state index contributed by atoms with van der Waals surface area (Å²) in [6.07, 6.45) is -0.638. The molecular weight excluding hydrogens is 480 g/mol. The van der Waals surface area contributed by atoms with Crippen molar-refractivity contribution in [1.82, 2.24) is 5.32 Å². The lowest BCUT2D eigenvalue weighted by atomic mass is 10.0. The standard InChI is InChI=1S/C34H26N4O/c1-3-11-23(12-4-1)25-15-9-16-26(21-25)32-36-31(24-13-5-2-6-14-24)37-33(38-32)27-17-10-18-28(22-27)34-35-29-19-7-8-20-30(29)39-34/h1-22,32,34-35H,(H,36,37,38). The number of hydrogen-bond donors (Lipinski definition) is 2. The highest BCUT2D eigenvalue weighted by molar-refractivity contribution is 6.15. The molecule has 2 aliphatic heterocycles. The van der Waals surface area contributed by atoms with Gasteiger partial charge in [0.05, 0.1) is 5.69 Å². The Morgan fingerprint density at radius 1 is 0.513 bits per heavy atom. The van der Waals surface area contributed by atoms with Gasteiger partial charge < -0.3 is 15.4 Å². The lowest BCUT2D eigenvalue weighted by molar-refractivity contribution is 0.260. The van der Waals surface area contributed by atoms with Crippen LogP contribution in [0.4, 0.5) is 5.69 Å². The Morgan fingerprint density at radius 2 is 1.10 bits per heavy atom. The molecule has 0 saturated heterocycles. The van der Waals surface area contributed by atoms with Crippen molar-refractivity contribution < 1.29 is 4.74 Å². The minimum absolute atomic E-state index is 0.257. The second-order valence-corrected chi connectivity index (χ2v) is 9.58. The van der Waals surface area contributed by atoms with Gasteiger partial charge in [0.15, 0.2) is 12.4 Å². The number of anilines is 1. The fourth-order valence-electron chi connectivity index (χ4n) is 4.98. The summed E-state index contributed by atoms with van der Waals surface area (Å²) in [6, 6.07) is 45.4. The van der Waals surface area contributed by atoms with Gasteiger partial charge in [0.2, 0.25) is 0 Å². The summed E-state index contributed by atoms with van der Waals surface area (Å²) in [5.41, 5.74) is 7.37. The monoisotopic (exact) mass is 506 g/mol.